The van der Waals surface area contributed by atoms with Crippen LogP contribution in [0.3, 0.4) is 0 Å². The van der Waals surface area contributed by atoms with Gasteiger partial charge in [-0.05, 0) is 33.4 Å². The number of amides is 2. The fourth-order valence-corrected chi connectivity index (χ4v) is 2.45. The molecule has 2 N–H and O–H groups in total. The van der Waals surface area contributed by atoms with Crippen LogP contribution in [0, 0.1) is 0 Å². The van der Waals surface area contributed by atoms with E-state index in [4.69, 9.17) is 5.11 Å². The monoisotopic (exact) mass is 271 g/mol. The minimum absolute atomic E-state index is 0.101. The van der Waals surface area contributed by atoms with Gasteiger partial charge < -0.3 is 20.2 Å². The Labute approximate surface area is 114 Å². The number of carbonyl (C=O) groups excluding carboxylic acids is 1. The first-order valence-corrected chi connectivity index (χ1v) is 6.94. The van der Waals surface area contributed by atoms with Crippen LogP contribution in [0.1, 0.15) is 33.1 Å². The Bertz CT molecular complexity index is 322. The number of hydrogen-bond acceptors (Lipinski definition) is 3. The van der Waals surface area contributed by atoms with Gasteiger partial charge in [-0.3, -0.25) is 0 Å². The molecule has 6 heteroatoms. The molecular formula is C13H25N3O3. The van der Waals surface area contributed by atoms with E-state index in [0.29, 0.717) is 13.0 Å². The zero-order valence-corrected chi connectivity index (χ0v) is 12.1. The van der Waals surface area contributed by atoms with Gasteiger partial charge in [0, 0.05) is 19.1 Å². The summed E-state index contributed by atoms with van der Waals surface area (Å²) in [4.78, 5) is 27.2. The van der Waals surface area contributed by atoms with Crippen LogP contribution in [0.5, 0.6) is 0 Å². The lowest BCUT2D eigenvalue weighted by atomic mass is 10.2. The topological polar surface area (TPSA) is 72.9 Å². The smallest absolute Gasteiger partial charge is 0.326 e. The number of carboxylic acids is 1. The summed E-state index contributed by atoms with van der Waals surface area (Å²) in [6.45, 7) is 6.36. The maximum absolute atomic E-state index is 12.2. The zero-order valence-electron chi connectivity index (χ0n) is 12.1. The van der Waals surface area contributed by atoms with Crippen molar-refractivity contribution < 1.29 is 14.7 Å². The minimum Gasteiger partial charge on any atom is -0.480 e. The molecule has 0 spiro atoms. The Morgan fingerprint density at radius 1 is 1.42 bits per heavy atom. The quantitative estimate of drug-likeness (QED) is 0.799. The molecule has 1 rings (SSSR count). The number of carbonyl (C=O) groups is 2. The molecule has 2 atom stereocenters. The van der Waals surface area contributed by atoms with E-state index in [1.165, 1.54) is 0 Å². The molecule has 0 bridgehead atoms. The van der Waals surface area contributed by atoms with Gasteiger partial charge in [-0.2, -0.15) is 0 Å². The summed E-state index contributed by atoms with van der Waals surface area (Å²) >= 11 is 0. The number of nitrogens with one attached hydrogen (secondary N) is 1. The molecule has 0 aromatic rings. The number of urea groups is 1. The van der Waals surface area contributed by atoms with Crippen molar-refractivity contribution in [2.45, 2.75) is 45.2 Å². The predicted molar refractivity (Wildman–Crippen MR) is 73.1 cm³/mol. The van der Waals surface area contributed by atoms with Crippen molar-refractivity contribution in [3.63, 3.8) is 0 Å². The van der Waals surface area contributed by atoms with Gasteiger partial charge in [-0.1, -0.05) is 13.3 Å². The molecule has 1 fully saturated rings. The van der Waals surface area contributed by atoms with Gasteiger partial charge in [0.25, 0.3) is 0 Å². The van der Waals surface area contributed by atoms with E-state index in [9.17, 15) is 9.59 Å². The number of nitrogens with zero attached hydrogens (tertiary/aromatic N) is 2. The molecule has 0 radical (unpaired) electrons. The molecule has 0 aromatic heterocycles. The summed E-state index contributed by atoms with van der Waals surface area (Å²) in [5, 5.41) is 11.7. The highest BCUT2D eigenvalue weighted by molar-refractivity contribution is 5.82. The SMILES string of the molecule is CCC[C@H](NC(=O)N1CCCN(C)CC1C)C(=O)O. The summed E-state index contributed by atoms with van der Waals surface area (Å²) in [5.74, 6) is -0.963. The van der Waals surface area contributed by atoms with Crippen LogP contribution in [-0.2, 0) is 4.79 Å². The van der Waals surface area contributed by atoms with Crippen LogP contribution >= 0.6 is 0 Å². The molecule has 0 saturated carbocycles. The first kappa shape index (κ1) is 15.8. The Hall–Kier alpha value is -1.30. The van der Waals surface area contributed by atoms with Crippen LogP contribution in [0.15, 0.2) is 0 Å². The van der Waals surface area contributed by atoms with E-state index in [0.717, 1.165) is 25.9 Å². The molecule has 6 nitrogen and oxygen atoms in total. The molecule has 19 heavy (non-hydrogen) atoms. The van der Waals surface area contributed by atoms with Crippen molar-refractivity contribution in [3.05, 3.63) is 0 Å². The third-order valence-electron chi connectivity index (χ3n) is 3.48. The van der Waals surface area contributed by atoms with Crippen LogP contribution in [0.4, 0.5) is 4.79 Å². The lowest BCUT2D eigenvalue weighted by molar-refractivity contribution is -0.139. The van der Waals surface area contributed by atoms with E-state index in [2.05, 4.69) is 10.2 Å². The summed E-state index contributed by atoms with van der Waals surface area (Å²) < 4.78 is 0. The van der Waals surface area contributed by atoms with Gasteiger partial charge >= 0.3 is 12.0 Å². The Morgan fingerprint density at radius 3 is 2.68 bits per heavy atom. The van der Waals surface area contributed by atoms with Gasteiger partial charge in [0.05, 0.1) is 0 Å². The largest absolute Gasteiger partial charge is 0.480 e. The molecule has 110 valence electrons. The first-order valence-electron chi connectivity index (χ1n) is 6.94. The normalized spacial score (nSPS) is 22.7. The van der Waals surface area contributed by atoms with Gasteiger partial charge in [0.1, 0.15) is 6.04 Å². The number of hydrogen-bond donors (Lipinski definition) is 2. The fourth-order valence-electron chi connectivity index (χ4n) is 2.45. The van der Waals surface area contributed by atoms with Crippen molar-refractivity contribution in [1.29, 1.82) is 0 Å². The lowest BCUT2D eigenvalue weighted by Gasteiger charge is -2.29. The molecule has 0 aromatic carbocycles. The molecule has 1 heterocycles. The van der Waals surface area contributed by atoms with Gasteiger partial charge in [-0.15, -0.1) is 0 Å². The average Bonchev–Trinajstić information content (AvgIpc) is 2.49. The Morgan fingerprint density at radius 2 is 2.11 bits per heavy atom. The van der Waals surface area contributed by atoms with E-state index < -0.39 is 12.0 Å². The molecule has 1 unspecified atom stereocenters. The maximum atomic E-state index is 12.2. The van der Waals surface area contributed by atoms with Crippen LogP contribution in [0.25, 0.3) is 0 Å². The number of rotatable bonds is 4. The van der Waals surface area contributed by atoms with Crippen molar-refractivity contribution in [1.82, 2.24) is 15.1 Å². The van der Waals surface area contributed by atoms with Gasteiger partial charge in [0.15, 0.2) is 0 Å². The van der Waals surface area contributed by atoms with E-state index in [1.807, 2.05) is 20.9 Å². The molecule has 1 aliphatic rings. The fraction of sp³-hybridized carbons (Fsp3) is 0.846. The second-order valence-corrected chi connectivity index (χ2v) is 5.29. The lowest BCUT2D eigenvalue weighted by Crippen LogP contribution is -2.51. The molecule has 2 amide bonds. The standard InChI is InChI=1S/C13H25N3O3/c1-4-6-11(12(17)18)14-13(19)16-8-5-7-15(3)9-10(16)2/h10-11H,4-9H2,1-3H3,(H,14,19)(H,17,18)/t10?,11-/m0/s1. The molecular weight excluding hydrogens is 246 g/mol. The van der Waals surface area contributed by atoms with Crippen LogP contribution in [-0.4, -0.2) is 65.7 Å². The van der Waals surface area contributed by atoms with Crippen molar-refractivity contribution in [3.8, 4) is 0 Å². The Kier molecular flexibility index (Phi) is 6.08. The van der Waals surface area contributed by atoms with Crippen molar-refractivity contribution in [2.75, 3.05) is 26.7 Å². The highest BCUT2D eigenvalue weighted by atomic mass is 16.4. The zero-order chi connectivity index (χ0) is 14.4. The third-order valence-corrected chi connectivity index (χ3v) is 3.48. The van der Waals surface area contributed by atoms with E-state index in [-0.39, 0.29) is 12.1 Å². The van der Waals surface area contributed by atoms with Crippen LogP contribution < -0.4 is 5.32 Å². The van der Waals surface area contributed by atoms with Crippen LogP contribution in [0.2, 0.25) is 0 Å². The first-order chi connectivity index (χ1) is 8.95. The van der Waals surface area contributed by atoms with Crippen molar-refractivity contribution >= 4 is 12.0 Å². The highest BCUT2D eigenvalue weighted by Gasteiger charge is 2.27. The minimum atomic E-state index is -0.963. The Balaban J connectivity index is 2.62. The van der Waals surface area contributed by atoms with E-state index >= 15 is 0 Å². The van der Waals surface area contributed by atoms with E-state index in [1.54, 1.807) is 4.90 Å². The second kappa shape index (κ2) is 7.33. The van der Waals surface area contributed by atoms with Gasteiger partial charge in [0.2, 0.25) is 0 Å². The summed E-state index contributed by atoms with van der Waals surface area (Å²) in [6.07, 6.45) is 2.11. The summed E-state index contributed by atoms with van der Waals surface area (Å²) in [6, 6.07) is -0.946. The number of aliphatic carboxylic acids is 1. The predicted octanol–water partition coefficient (Wildman–Crippen LogP) is 0.975. The summed E-state index contributed by atoms with van der Waals surface area (Å²) in [7, 11) is 2.04. The maximum Gasteiger partial charge on any atom is 0.326 e. The highest BCUT2D eigenvalue weighted by Crippen LogP contribution is 2.09. The molecule has 1 aliphatic heterocycles. The number of likely N-dealkylation sites (N-methyl/N-ethyl adjacent to an activating group) is 1. The third kappa shape index (κ3) is 4.70. The molecule has 1 saturated heterocycles. The molecule has 0 aliphatic carbocycles. The number of carboxylic acid groups (broad SMARTS) is 1. The second-order valence-electron chi connectivity index (χ2n) is 5.29. The van der Waals surface area contributed by atoms with Crippen molar-refractivity contribution in [2.24, 2.45) is 0 Å². The summed E-state index contributed by atoms with van der Waals surface area (Å²) in [5.41, 5.74) is 0. The average molecular weight is 271 g/mol. The van der Waals surface area contributed by atoms with Gasteiger partial charge in [-0.25, -0.2) is 9.59 Å².